The van der Waals surface area contributed by atoms with Crippen LogP contribution in [0.25, 0.3) is 76.5 Å². The molecule has 0 heteroatoms. The summed E-state index contributed by atoms with van der Waals surface area (Å²) in [5.74, 6) is 0. The van der Waals surface area contributed by atoms with E-state index in [1.807, 2.05) is 0 Å². The Hall–Kier alpha value is -5.20. The molecule has 0 saturated carbocycles. The van der Waals surface area contributed by atoms with Crippen LogP contribution in [0.1, 0.15) is 37.5 Å². The van der Waals surface area contributed by atoms with Crippen molar-refractivity contribution in [2.45, 2.75) is 40.0 Å². The zero-order chi connectivity index (χ0) is 31.6. The van der Waals surface area contributed by atoms with Crippen LogP contribution in [0.15, 0.2) is 140 Å². The lowest BCUT2D eigenvalue weighted by Gasteiger charge is -2.25. The summed E-state index contributed by atoms with van der Waals surface area (Å²) >= 11 is 0. The third-order valence-corrected chi connectivity index (χ3v) is 9.83. The van der Waals surface area contributed by atoms with Gasteiger partial charge in [-0.1, -0.05) is 136 Å². The quantitative estimate of drug-likeness (QED) is 0.180. The lowest BCUT2D eigenvalue weighted by atomic mass is 9.79. The normalized spacial score (nSPS) is 12.0. The van der Waals surface area contributed by atoms with E-state index in [4.69, 9.17) is 0 Å². The molecule has 0 amide bonds. The molecule has 8 rings (SSSR count). The van der Waals surface area contributed by atoms with Crippen molar-refractivity contribution in [3.05, 3.63) is 156 Å². The Labute approximate surface area is 272 Å². The molecule has 0 bridgehead atoms. The Morgan fingerprint density at radius 1 is 0.391 bits per heavy atom. The van der Waals surface area contributed by atoms with Gasteiger partial charge >= 0.3 is 0 Å². The van der Waals surface area contributed by atoms with Crippen LogP contribution < -0.4 is 0 Å². The first-order valence-corrected chi connectivity index (χ1v) is 16.4. The standard InChI is InChI=1S/C46H38/c1-29-13-10-17-32-24-23-30(2)44(43(29)32)41-27-36(46(3,4)5)28-42-40(41)26-34-15-7-9-21-39(34)45(42)35-19-11-18-33(25-35)38-22-12-16-31-14-6-8-20-37(31)38/h6-28H,1-5H3. The Bertz CT molecular complexity index is 2460. The van der Waals surface area contributed by atoms with E-state index in [1.54, 1.807) is 0 Å². The van der Waals surface area contributed by atoms with Crippen molar-refractivity contribution in [3.8, 4) is 33.4 Å². The van der Waals surface area contributed by atoms with Gasteiger partial charge < -0.3 is 0 Å². The summed E-state index contributed by atoms with van der Waals surface area (Å²) < 4.78 is 0. The fraction of sp³-hybridized carbons (Fsp3) is 0.130. The summed E-state index contributed by atoms with van der Waals surface area (Å²) in [4.78, 5) is 0. The van der Waals surface area contributed by atoms with Gasteiger partial charge in [0.1, 0.15) is 0 Å². The number of fused-ring (bicyclic) bond motifs is 4. The highest BCUT2D eigenvalue weighted by molar-refractivity contribution is 6.18. The van der Waals surface area contributed by atoms with Crippen molar-refractivity contribution >= 4 is 43.1 Å². The van der Waals surface area contributed by atoms with Crippen LogP contribution in [-0.2, 0) is 5.41 Å². The largest absolute Gasteiger partial charge is 0.0616 e. The number of hydrogen-bond acceptors (Lipinski definition) is 0. The molecule has 0 nitrogen and oxygen atoms in total. The summed E-state index contributed by atoms with van der Waals surface area (Å²) in [5, 5.41) is 10.3. The number of hydrogen-bond donors (Lipinski definition) is 0. The van der Waals surface area contributed by atoms with Crippen LogP contribution in [0.2, 0.25) is 0 Å². The highest BCUT2D eigenvalue weighted by Gasteiger charge is 2.22. The van der Waals surface area contributed by atoms with E-state index in [-0.39, 0.29) is 5.41 Å². The van der Waals surface area contributed by atoms with Gasteiger partial charge in [0, 0.05) is 0 Å². The monoisotopic (exact) mass is 590 g/mol. The van der Waals surface area contributed by atoms with E-state index < -0.39 is 0 Å². The molecule has 0 radical (unpaired) electrons. The first-order chi connectivity index (χ1) is 22.3. The molecular formula is C46H38. The van der Waals surface area contributed by atoms with Gasteiger partial charge in [-0.2, -0.15) is 0 Å². The Morgan fingerprint density at radius 2 is 1.07 bits per heavy atom. The van der Waals surface area contributed by atoms with Crippen molar-refractivity contribution in [2.24, 2.45) is 0 Å². The van der Waals surface area contributed by atoms with E-state index in [0.29, 0.717) is 0 Å². The summed E-state index contributed by atoms with van der Waals surface area (Å²) in [6, 6.07) is 52.1. The predicted octanol–water partition coefficient (Wildman–Crippen LogP) is 13.2. The van der Waals surface area contributed by atoms with Gasteiger partial charge in [-0.15, -0.1) is 0 Å². The molecular weight excluding hydrogens is 553 g/mol. The van der Waals surface area contributed by atoms with E-state index in [2.05, 4.69) is 174 Å². The average molecular weight is 591 g/mol. The molecule has 8 aromatic carbocycles. The van der Waals surface area contributed by atoms with Crippen molar-refractivity contribution < 1.29 is 0 Å². The van der Waals surface area contributed by atoms with Crippen molar-refractivity contribution in [1.82, 2.24) is 0 Å². The highest BCUT2D eigenvalue weighted by atomic mass is 14.3. The van der Waals surface area contributed by atoms with Gasteiger partial charge in [0.2, 0.25) is 0 Å². The zero-order valence-electron chi connectivity index (χ0n) is 27.3. The topological polar surface area (TPSA) is 0 Å². The molecule has 0 aromatic heterocycles. The summed E-state index contributed by atoms with van der Waals surface area (Å²) in [6.45, 7) is 11.5. The molecule has 0 aliphatic rings. The van der Waals surface area contributed by atoms with Crippen molar-refractivity contribution in [1.29, 1.82) is 0 Å². The first kappa shape index (κ1) is 28.3. The van der Waals surface area contributed by atoms with Crippen LogP contribution in [0.3, 0.4) is 0 Å². The van der Waals surface area contributed by atoms with E-state index in [9.17, 15) is 0 Å². The third kappa shape index (κ3) is 4.60. The second-order valence-electron chi connectivity index (χ2n) is 13.9. The van der Waals surface area contributed by atoms with Gasteiger partial charge in [0.15, 0.2) is 0 Å². The SMILES string of the molecule is Cc1ccc2cccc(C)c2c1-c1cc(C(C)(C)C)cc2c(-c3cccc(-c4cccc5ccccc45)c3)c3ccccc3cc12. The maximum atomic E-state index is 2.47. The zero-order valence-corrected chi connectivity index (χ0v) is 27.3. The molecule has 0 saturated heterocycles. The second kappa shape index (κ2) is 10.7. The lowest BCUT2D eigenvalue weighted by Crippen LogP contribution is -2.11. The van der Waals surface area contributed by atoms with Gasteiger partial charge in [-0.05, 0) is 137 Å². The van der Waals surface area contributed by atoms with Crippen LogP contribution in [0.4, 0.5) is 0 Å². The van der Waals surface area contributed by atoms with Gasteiger partial charge in [-0.3, -0.25) is 0 Å². The minimum absolute atomic E-state index is 0.0236. The molecule has 0 atom stereocenters. The van der Waals surface area contributed by atoms with Crippen molar-refractivity contribution in [2.75, 3.05) is 0 Å². The minimum atomic E-state index is -0.0236. The van der Waals surface area contributed by atoms with Gasteiger partial charge in [0.05, 0.1) is 0 Å². The second-order valence-corrected chi connectivity index (χ2v) is 13.9. The van der Waals surface area contributed by atoms with Crippen molar-refractivity contribution in [3.63, 3.8) is 0 Å². The fourth-order valence-corrected chi connectivity index (χ4v) is 7.45. The fourth-order valence-electron chi connectivity index (χ4n) is 7.45. The molecule has 8 aromatic rings. The molecule has 0 unspecified atom stereocenters. The van der Waals surface area contributed by atoms with E-state index in [0.717, 1.165) is 0 Å². The molecule has 0 spiro atoms. The van der Waals surface area contributed by atoms with Crippen LogP contribution in [-0.4, -0.2) is 0 Å². The van der Waals surface area contributed by atoms with Gasteiger partial charge in [0.25, 0.3) is 0 Å². The van der Waals surface area contributed by atoms with E-state index >= 15 is 0 Å². The van der Waals surface area contributed by atoms with Crippen LogP contribution in [0.5, 0.6) is 0 Å². The Kier molecular flexibility index (Phi) is 6.59. The summed E-state index contributed by atoms with van der Waals surface area (Å²) in [7, 11) is 0. The predicted molar refractivity (Wildman–Crippen MR) is 201 cm³/mol. The average Bonchev–Trinajstić information content (AvgIpc) is 3.06. The Morgan fingerprint density at radius 3 is 1.89 bits per heavy atom. The van der Waals surface area contributed by atoms with Gasteiger partial charge in [-0.25, -0.2) is 0 Å². The molecule has 0 heterocycles. The maximum absolute atomic E-state index is 2.47. The molecule has 0 N–H and O–H groups in total. The summed E-state index contributed by atoms with van der Waals surface area (Å²) in [5.41, 5.74) is 11.7. The highest BCUT2D eigenvalue weighted by Crippen LogP contribution is 2.46. The Balaban J connectivity index is 1.51. The first-order valence-electron chi connectivity index (χ1n) is 16.4. The molecule has 222 valence electrons. The third-order valence-electron chi connectivity index (χ3n) is 9.83. The molecule has 46 heavy (non-hydrogen) atoms. The van der Waals surface area contributed by atoms with Crippen LogP contribution >= 0.6 is 0 Å². The number of rotatable bonds is 3. The van der Waals surface area contributed by atoms with E-state index in [1.165, 1.54) is 93.2 Å². The summed E-state index contributed by atoms with van der Waals surface area (Å²) in [6.07, 6.45) is 0. The molecule has 0 aliphatic heterocycles. The molecule has 0 aliphatic carbocycles. The minimum Gasteiger partial charge on any atom is -0.0616 e. The lowest BCUT2D eigenvalue weighted by molar-refractivity contribution is 0.591. The molecule has 0 fully saturated rings. The smallest absolute Gasteiger partial charge is 0.00263 e. The number of benzene rings is 8. The maximum Gasteiger partial charge on any atom is -0.00263 e. The van der Waals surface area contributed by atoms with Crippen LogP contribution in [0, 0.1) is 13.8 Å². The number of aryl methyl sites for hydroxylation is 2.